The van der Waals surface area contributed by atoms with Gasteiger partial charge in [-0.2, -0.15) is 4.98 Å². The number of hydrogen-bond acceptors (Lipinski definition) is 6. The van der Waals surface area contributed by atoms with Crippen LogP contribution in [0.5, 0.6) is 0 Å². The Hall–Kier alpha value is -2.04. The van der Waals surface area contributed by atoms with E-state index in [2.05, 4.69) is 32.4 Å². The quantitative estimate of drug-likeness (QED) is 0.415. The van der Waals surface area contributed by atoms with Crippen LogP contribution >= 0.6 is 0 Å². The van der Waals surface area contributed by atoms with E-state index in [0.29, 0.717) is 37.8 Å². The van der Waals surface area contributed by atoms with E-state index in [4.69, 9.17) is 4.74 Å². The molecule has 2 N–H and O–H groups in total. The first-order chi connectivity index (χ1) is 11.3. The lowest BCUT2D eigenvalue weighted by atomic mass is 10.4. The van der Waals surface area contributed by atoms with Crippen molar-refractivity contribution in [1.29, 1.82) is 0 Å². The van der Waals surface area contributed by atoms with E-state index in [9.17, 15) is 4.79 Å². The third-order valence-corrected chi connectivity index (χ3v) is 3.66. The minimum Gasteiger partial charge on any atom is -0.380 e. The Bertz CT molecular complexity index is 567. The number of piperazine rings is 1. The first-order valence-corrected chi connectivity index (χ1v) is 8.04. The number of aromatic nitrogens is 2. The highest BCUT2D eigenvalue weighted by molar-refractivity contribution is 5.82. The molecule has 1 fully saturated rings. The number of imidazole rings is 1. The topological polar surface area (TPSA) is 71.4 Å². The molecular formula is C16H25N5O2. The van der Waals surface area contributed by atoms with Crippen LogP contribution in [-0.2, 0) is 11.3 Å². The van der Waals surface area contributed by atoms with Gasteiger partial charge in [-0.15, -0.1) is 5.92 Å². The van der Waals surface area contributed by atoms with Gasteiger partial charge in [0.15, 0.2) is 12.1 Å². The summed E-state index contributed by atoms with van der Waals surface area (Å²) in [4.78, 5) is 18.4. The smallest absolute Gasteiger partial charge is 0.209 e. The van der Waals surface area contributed by atoms with Gasteiger partial charge in [0.05, 0.1) is 13.2 Å². The number of rotatable bonds is 8. The van der Waals surface area contributed by atoms with Crippen LogP contribution in [0.25, 0.3) is 0 Å². The normalized spacial score (nSPS) is 14.3. The van der Waals surface area contributed by atoms with Crippen LogP contribution in [0.2, 0.25) is 0 Å². The zero-order chi connectivity index (χ0) is 16.5. The van der Waals surface area contributed by atoms with Gasteiger partial charge in [-0.05, 0) is 13.8 Å². The van der Waals surface area contributed by atoms with Gasteiger partial charge >= 0.3 is 0 Å². The Labute approximate surface area is 137 Å². The van der Waals surface area contributed by atoms with E-state index in [1.54, 1.807) is 6.92 Å². The first-order valence-electron chi connectivity index (χ1n) is 8.04. The molecule has 0 unspecified atom stereocenters. The maximum Gasteiger partial charge on any atom is 0.209 e. The summed E-state index contributed by atoms with van der Waals surface area (Å²) in [5, 5.41) is 6.52. The number of nitrogens with zero attached hydrogens (tertiary/aromatic N) is 3. The number of ether oxygens (including phenoxy) is 1. The largest absolute Gasteiger partial charge is 0.380 e. The lowest BCUT2D eigenvalue weighted by Crippen LogP contribution is -2.44. The van der Waals surface area contributed by atoms with E-state index in [1.165, 1.54) is 0 Å². The van der Waals surface area contributed by atoms with Crippen molar-refractivity contribution in [2.45, 2.75) is 20.4 Å². The van der Waals surface area contributed by atoms with E-state index >= 15 is 0 Å². The van der Waals surface area contributed by atoms with Crippen LogP contribution in [0.3, 0.4) is 0 Å². The lowest BCUT2D eigenvalue weighted by Gasteiger charge is -2.28. The molecule has 0 saturated carbocycles. The van der Waals surface area contributed by atoms with Gasteiger partial charge in [-0.1, -0.05) is 5.92 Å². The molecule has 2 rings (SSSR count). The minimum atomic E-state index is 0.462. The summed E-state index contributed by atoms with van der Waals surface area (Å²) in [7, 11) is 0. The molecule has 0 aromatic carbocycles. The lowest BCUT2D eigenvalue weighted by molar-refractivity contribution is 0.111. The number of nitrogens with one attached hydrogen (secondary N) is 2. The molecule has 7 heteroatoms. The Morgan fingerprint density at radius 3 is 2.87 bits per heavy atom. The highest BCUT2D eigenvalue weighted by atomic mass is 16.5. The number of aldehydes is 1. The number of anilines is 2. The zero-order valence-electron chi connectivity index (χ0n) is 13.9. The zero-order valence-corrected chi connectivity index (χ0v) is 13.9. The Morgan fingerprint density at radius 2 is 2.22 bits per heavy atom. The molecular weight excluding hydrogens is 294 g/mol. The van der Waals surface area contributed by atoms with E-state index in [-0.39, 0.29) is 0 Å². The third kappa shape index (κ3) is 4.47. The van der Waals surface area contributed by atoms with Gasteiger partial charge in [-0.3, -0.25) is 9.36 Å². The summed E-state index contributed by atoms with van der Waals surface area (Å²) in [6.45, 7) is 9.65. The summed E-state index contributed by atoms with van der Waals surface area (Å²) in [5.41, 5.74) is 0.540. The molecule has 7 nitrogen and oxygen atoms in total. The van der Waals surface area contributed by atoms with Gasteiger partial charge in [-0.25, -0.2) is 0 Å². The Morgan fingerprint density at radius 1 is 1.43 bits per heavy atom. The first kappa shape index (κ1) is 17.3. The van der Waals surface area contributed by atoms with Crippen LogP contribution in [-0.4, -0.2) is 61.8 Å². The van der Waals surface area contributed by atoms with Crippen molar-refractivity contribution in [2.75, 3.05) is 56.2 Å². The van der Waals surface area contributed by atoms with Crippen LogP contribution in [0.1, 0.15) is 24.3 Å². The molecule has 0 amide bonds. The fourth-order valence-electron chi connectivity index (χ4n) is 2.51. The second-order valence-corrected chi connectivity index (χ2v) is 5.14. The minimum absolute atomic E-state index is 0.462. The highest BCUT2D eigenvalue weighted by Crippen LogP contribution is 2.23. The standard InChI is InChI=1S/C16H25N5O2/c1-3-5-9-21-14(13-22)15(18-8-12-23-4-2)19-16(21)20-10-6-17-7-11-20/h13,17-18H,4,6-12H2,1-2H3. The van der Waals surface area contributed by atoms with Crippen molar-refractivity contribution in [2.24, 2.45) is 0 Å². The number of hydrogen-bond donors (Lipinski definition) is 2. The molecule has 1 saturated heterocycles. The summed E-state index contributed by atoms with van der Waals surface area (Å²) in [5.74, 6) is 7.31. The van der Waals surface area contributed by atoms with Crippen molar-refractivity contribution in [3.8, 4) is 11.8 Å². The maximum atomic E-state index is 11.6. The van der Waals surface area contributed by atoms with Crippen molar-refractivity contribution in [3.05, 3.63) is 5.69 Å². The second-order valence-electron chi connectivity index (χ2n) is 5.14. The highest BCUT2D eigenvalue weighted by Gasteiger charge is 2.22. The molecule has 0 atom stereocenters. The third-order valence-electron chi connectivity index (χ3n) is 3.66. The summed E-state index contributed by atoms with van der Waals surface area (Å²) >= 11 is 0. The van der Waals surface area contributed by atoms with Crippen LogP contribution < -0.4 is 15.5 Å². The van der Waals surface area contributed by atoms with Gasteiger partial charge in [0.1, 0.15) is 5.69 Å². The molecule has 1 aliphatic rings. The molecule has 0 radical (unpaired) electrons. The van der Waals surface area contributed by atoms with Crippen molar-refractivity contribution in [1.82, 2.24) is 14.9 Å². The molecule has 1 aliphatic heterocycles. The molecule has 1 aromatic rings. The Balaban J connectivity index is 2.24. The van der Waals surface area contributed by atoms with Crippen molar-refractivity contribution in [3.63, 3.8) is 0 Å². The molecule has 0 bridgehead atoms. The fraction of sp³-hybridized carbons (Fsp3) is 0.625. The Kier molecular flexibility index (Phi) is 6.91. The second kappa shape index (κ2) is 9.18. The van der Waals surface area contributed by atoms with Gasteiger partial charge in [0.2, 0.25) is 5.95 Å². The van der Waals surface area contributed by atoms with Crippen LogP contribution in [0.15, 0.2) is 0 Å². The monoisotopic (exact) mass is 319 g/mol. The molecule has 1 aromatic heterocycles. The average Bonchev–Trinajstić information content (AvgIpc) is 2.95. The van der Waals surface area contributed by atoms with E-state index < -0.39 is 0 Å². The molecule has 0 aliphatic carbocycles. The predicted octanol–water partition coefficient (Wildman–Crippen LogP) is 0.577. The number of carbonyl (C=O) groups excluding carboxylic acids is 1. The van der Waals surface area contributed by atoms with Gasteiger partial charge in [0, 0.05) is 39.3 Å². The number of carbonyl (C=O) groups is 1. The van der Waals surface area contributed by atoms with Crippen molar-refractivity contribution >= 4 is 18.1 Å². The predicted molar refractivity (Wildman–Crippen MR) is 91.1 cm³/mol. The fourth-order valence-corrected chi connectivity index (χ4v) is 2.51. The summed E-state index contributed by atoms with van der Waals surface area (Å²) in [6, 6.07) is 0. The average molecular weight is 319 g/mol. The van der Waals surface area contributed by atoms with Gasteiger partial charge in [0.25, 0.3) is 0 Å². The van der Waals surface area contributed by atoms with Crippen molar-refractivity contribution < 1.29 is 9.53 Å². The van der Waals surface area contributed by atoms with E-state index in [0.717, 1.165) is 38.4 Å². The molecule has 126 valence electrons. The molecule has 0 spiro atoms. The summed E-state index contributed by atoms with van der Waals surface area (Å²) in [6.07, 6.45) is 0.846. The van der Waals surface area contributed by atoms with Crippen LogP contribution in [0.4, 0.5) is 11.8 Å². The van der Waals surface area contributed by atoms with Crippen LogP contribution in [0, 0.1) is 11.8 Å². The van der Waals surface area contributed by atoms with Gasteiger partial charge < -0.3 is 20.3 Å². The molecule has 23 heavy (non-hydrogen) atoms. The summed E-state index contributed by atoms with van der Waals surface area (Å²) < 4.78 is 7.21. The SMILES string of the molecule is CC#CCn1c(N2CCNCC2)nc(NCCOCC)c1C=O. The molecule has 2 heterocycles. The van der Waals surface area contributed by atoms with E-state index in [1.807, 2.05) is 11.5 Å². The maximum absolute atomic E-state index is 11.6.